The van der Waals surface area contributed by atoms with Gasteiger partial charge in [-0.15, -0.1) is 0 Å². The highest BCUT2D eigenvalue weighted by Crippen LogP contribution is 2.15. The van der Waals surface area contributed by atoms with Crippen molar-refractivity contribution in [3.63, 3.8) is 0 Å². The van der Waals surface area contributed by atoms with Crippen molar-refractivity contribution in [2.24, 2.45) is 0 Å². The number of rotatable bonds is 6. The summed E-state index contributed by atoms with van der Waals surface area (Å²) in [5.41, 5.74) is 1.50. The fourth-order valence-corrected chi connectivity index (χ4v) is 2.30. The number of nitrogens with zero attached hydrogens (tertiary/aromatic N) is 3. The van der Waals surface area contributed by atoms with E-state index in [2.05, 4.69) is 5.10 Å². The van der Waals surface area contributed by atoms with Crippen LogP contribution in [0.2, 0.25) is 0 Å². The number of hydrogen-bond donors (Lipinski definition) is 1. The Hall–Kier alpha value is -2.70. The van der Waals surface area contributed by atoms with Crippen molar-refractivity contribution in [3.8, 4) is 5.69 Å². The van der Waals surface area contributed by atoms with Gasteiger partial charge in [-0.2, -0.15) is 5.10 Å². The molecule has 0 spiro atoms. The van der Waals surface area contributed by atoms with Gasteiger partial charge in [0.05, 0.1) is 5.69 Å². The number of carbonyl (C=O) groups excluding carboxylic acids is 1. The molecule has 0 aliphatic carbocycles. The Morgan fingerprint density at radius 2 is 2.09 bits per heavy atom. The zero-order valence-electron chi connectivity index (χ0n) is 13.0. The molecule has 0 fully saturated rings. The second kappa shape index (κ2) is 7.04. The van der Waals surface area contributed by atoms with Gasteiger partial charge in [0.1, 0.15) is 12.4 Å². The summed E-state index contributed by atoms with van der Waals surface area (Å²) in [7, 11) is 0. The number of aryl methyl sites for hydroxylation is 1. The van der Waals surface area contributed by atoms with Crippen LogP contribution in [0.5, 0.6) is 0 Å². The van der Waals surface area contributed by atoms with Gasteiger partial charge < -0.3 is 10.0 Å². The first-order valence-corrected chi connectivity index (χ1v) is 7.25. The molecule has 1 aromatic carbocycles. The summed E-state index contributed by atoms with van der Waals surface area (Å²) in [4.78, 5) is 24.5. The van der Waals surface area contributed by atoms with E-state index >= 15 is 0 Å². The molecular weight excluding hydrogens is 301 g/mol. The first kappa shape index (κ1) is 16.7. The van der Waals surface area contributed by atoms with Crippen LogP contribution in [0.1, 0.15) is 29.4 Å². The number of hydrogen-bond acceptors (Lipinski definition) is 3. The number of carboxylic acid groups (broad SMARTS) is 1. The predicted molar refractivity (Wildman–Crippen MR) is 82.1 cm³/mol. The highest BCUT2D eigenvalue weighted by Gasteiger charge is 2.20. The highest BCUT2D eigenvalue weighted by molar-refractivity contribution is 5.94. The van der Waals surface area contributed by atoms with Crippen molar-refractivity contribution >= 4 is 11.9 Å². The van der Waals surface area contributed by atoms with E-state index in [1.165, 1.54) is 27.8 Å². The Kier molecular flexibility index (Phi) is 5.10. The maximum Gasteiger partial charge on any atom is 0.323 e. The van der Waals surface area contributed by atoms with Gasteiger partial charge >= 0.3 is 5.97 Å². The largest absolute Gasteiger partial charge is 0.480 e. The number of benzene rings is 1. The maximum atomic E-state index is 13.2. The molecule has 0 saturated heterocycles. The van der Waals surface area contributed by atoms with Crippen molar-refractivity contribution in [1.29, 1.82) is 0 Å². The van der Waals surface area contributed by atoms with Crippen molar-refractivity contribution in [1.82, 2.24) is 14.7 Å². The lowest BCUT2D eigenvalue weighted by atomic mass is 10.2. The number of halogens is 1. The summed E-state index contributed by atoms with van der Waals surface area (Å²) < 4.78 is 14.6. The fraction of sp³-hybridized carbons (Fsp3) is 0.312. The molecule has 7 heteroatoms. The van der Waals surface area contributed by atoms with E-state index in [1.54, 1.807) is 19.2 Å². The quantitative estimate of drug-likeness (QED) is 0.886. The highest BCUT2D eigenvalue weighted by atomic mass is 19.1. The van der Waals surface area contributed by atoms with Gasteiger partial charge in [0.15, 0.2) is 5.69 Å². The van der Waals surface area contributed by atoms with Gasteiger partial charge in [-0.05, 0) is 43.2 Å². The molecule has 2 aromatic rings. The van der Waals surface area contributed by atoms with Crippen LogP contribution in [0.3, 0.4) is 0 Å². The molecule has 1 aromatic heterocycles. The Labute approximate surface area is 133 Å². The number of amides is 1. The van der Waals surface area contributed by atoms with Crippen molar-refractivity contribution in [3.05, 3.63) is 47.5 Å². The van der Waals surface area contributed by atoms with E-state index in [4.69, 9.17) is 5.11 Å². The van der Waals surface area contributed by atoms with Crippen LogP contribution < -0.4 is 0 Å². The van der Waals surface area contributed by atoms with E-state index in [1.807, 2.05) is 6.92 Å². The first-order chi connectivity index (χ1) is 10.9. The Morgan fingerprint density at radius 1 is 1.35 bits per heavy atom. The average molecular weight is 319 g/mol. The van der Waals surface area contributed by atoms with Gasteiger partial charge in [-0.3, -0.25) is 9.59 Å². The molecule has 122 valence electrons. The third-order valence-electron chi connectivity index (χ3n) is 3.32. The third-order valence-corrected chi connectivity index (χ3v) is 3.32. The van der Waals surface area contributed by atoms with Crippen LogP contribution in [0, 0.1) is 12.7 Å². The first-order valence-electron chi connectivity index (χ1n) is 7.25. The van der Waals surface area contributed by atoms with E-state index in [9.17, 15) is 14.0 Å². The lowest BCUT2D eigenvalue weighted by Gasteiger charge is -2.18. The number of carboxylic acids is 1. The summed E-state index contributed by atoms with van der Waals surface area (Å²) in [6, 6.07) is 5.80. The Bertz CT molecular complexity index is 727. The lowest BCUT2D eigenvalue weighted by molar-refractivity contribution is -0.137. The zero-order chi connectivity index (χ0) is 17.0. The molecule has 23 heavy (non-hydrogen) atoms. The predicted octanol–water partition coefficient (Wildman–Crippen LogP) is 2.26. The number of aliphatic carboxylic acids is 1. The molecule has 1 amide bonds. The Morgan fingerprint density at radius 3 is 2.70 bits per heavy atom. The average Bonchev–Trinajstić information content (AvgIpc) is 2.95. The van der Waals surface area contributed by atoms with Crippen molar-refractivity contribution in [2.75, 3.05) is 13.1 Å². The topological polar surface area (TPSA) is 75.4 Å². The van der Waals surface area contributed by atoms with Gasteiger partial charge in [-0.25, -0.2) is 9.07 Å². The summed E-state index contributed by atoms with van der Waals surface area (Å²) >= 11 is 0. The van der Waals surface area contributed by atoms with Crippen LogP contribution in [-0.2, 0) is 4.79 Å². The molecule has 0 bridgehead atoms. The molecule has 2 rings (SSSR count). The standard InChI is InChI=1S/C16H18FN3O3/c1-3-7-19(10-15(21)22)16(23)13-6-8-20(18-13)14-5-4-12(17)9-11(14)2/h4-6,8-9H,3,7,10H2,1-2H3,(H,21,22). The second-order valence-electron chi connectivity index (χ2n) is 5.20. The monoisotopic (exact) mass is 319 g/mol. The fourth-order valence-electron chi connectivity index (χ4n) is 2.30. The molecule has 0 aliphatic heterocycles. The second-order valence-corrected chi connectivity index (χ2v) is 5.20. The number of carbonyl (C=O) groups is 2. The molecule has 1 heterocycles. The minimum atomic E-state index is -1.07. The van der Waals surface area contributed by atoms with Gasteiger partial charge in [-0.1, -0.05) is 6.92 Å². The molecule has 6 nitrogen and oxygen atoms in total. The zero-order valence-corrected chi connectivity index (χ0v) is 13.0. The van der Waals surface area contributed by atoms with Crippen LogP contribution >= 0.6 is 0 Å². The van der Waals surface area contributed by atoms with E-state index in [-0.39, 0.29) is 18.1 Å². The van der Waals surface area contributed by atoms with Gasteiger partial charge in [0, 0.05) is 12.7 Å². The van der Waals surface area contributed by atoms with E-state index in [0.717, 1.165) is 0 Å². The SMILES string of the molecule is CCCN(CC(=O)O)C(=O)c1ccn(-c2ccc(F)cc2C)n1. The molecule has 0 saturated carbocycles. The van der Waals surface area contributed by atoms with Crippen LogP contribution in [0.15, 0.2) is 30.5 Å². The molecule has 0 aliphatic rings. The molecular formula is C16H18FN3O3. The molecule has 0 radical (unpaired) electrons. The summed E-state index contributed by atoms with van der Waals surface area (Å²) in [5.74, 6) is -1.85. The third kappa shape index (κ3) is 3.94. The van der Waals surface area contributed by atoms with Crippen molar-refractivity contribution < 1.29 is 19.1 Å². The summed E-state index contributed by atoms with van der Waals surface area (Å²) in [5, 5.41) is 13.1. The minimum Gasteiger partial charge on any atom is -0.480 e. The normalized spacial score (nSPS) is 10.6. The molecule has 0 atom stereocenters. The van der Waals surface area contributed by atoms with Gasteiger partial charge in [0.2, 0.25) is 0 Å². The minimum absolute atomic E-state index is 0.156. The van der Waals surface area contributed by atoms with Crippen LogP contribution in [-0.4, -0.2) is 44.8 Å². The van der Waals surface area contributed by atoms with Crippen LogP contribution in [0.4, 0.5) is 4.39 Å². The maximum absolute atomic E-state index is 13.2. The van der Waals surface area contributed by atoms with Crippen molar-refractivity contribution in [2.45, 2.75) is 20.3 Å². The smallest absolute Gasteiger partial charge is 0.323 e. The van der Waals surface area contributed by atoms with E-state index < -0.39 is 11.9 Å². The lowest BCUT2D eigenvalue weighted by Crippen LogP contribution is -2.36. The Balaban J connectivity index is 2.26. The van der Waals surface area contributed by atoms with Crippen LogP contribution in [0.25, 0.3) is 5.69 Å². The molecule has 0 unspecified atom stereocenters. The summed E-state index contributed by atoms with van der Waals surface area (Å²) in [6.45, 7) is 3.58. The summed E-state index contributed by atoms with van der Waals surface area (Å²) in [6.07, 6.45) is 2.25. The number of aromatic nitrogens is 2. The van der Waals surface area contributed by atoms with E-state index in [0.29, 0.717) is 24.2 Å². The molecule has 1 N–H and O–H groups in total. The van der Waals surface area contributed by atoms with Gasteiger partial charge in [0.25, 0.3) is 5.91 Å².